The van der Waals surface area contributed by atoms with Crippen molar-refractivity contribution in [2.45, 2.75) is 25.2 Å². The quantitative estimate of drug-likeness (QED) is 0.884. The second kappa shape index (κ2) is 6.27. The molecule has 1 fully saturated rings. The predicted molar refractivity (Wildman–Crippen MR) is 78.8 cm³/mol. The van der Waals surface area contributed by atoms with E-state index < -0.39 is 0 Å². The molecule has 2 aliphatic rings. The van der Waals surface area contributed by atoms with Gasteiger partial charge in [0.15, 0.2) is 0 Å². The van der Waals surface area contributed by atoms with Gasteiger partial charge in [-0.2, -0.15) is 0 Å². The topological polar surface area (TPSA) is 50.4 Å². The Morgan fingerprint density at radius 1 is 1.40 bits per heavy atom. The molecule has 0 bridgehead atoms. The maximum atomic E-state index is 12.0. The molecule has 1 aromatic rings. The van der Waals surface area contributed by atoms with Crippen LogP contribution in [0.25, 0.3) is 0 Å². The van der Waals surface area contributed by atoms with Crippen LogP contribution in [0.5, 0.6) is 0 Å². The van der Waals surface area contributed by atoms with Crippen molar-refractivity contribution in [3.8, 4) is 0 Å². The largest absolute Gasteiger partial charge is 0.384 e. The highest BCUT2D eigenvalue weighted by molar-refractivity contribution is 5.78. The van der Waals surface area contributed by atoms with Crippen LogP contribution in [0.4, 0.5) is 5.69 Å². The lowest BCUT2D eigenvalue weighted by molar-refractivity contribution is -0.128. The smallest absolute Gasteiger partial charge is 0.225 e. The second-order valence-electron chi connectivity index (χ2n) is 5.66. The third-order valence-electron chi connectivity index (χ3n) is 4.26. The van der Waals surface area contributed by atoms with E-state index in [2.05, 4.69) is 34.9 Å². The number of benzene rings is 1. The van der Waals surface area contributed by atoms with E-state index in [9.17, 15) is 4.79 Å². The van der Waals surface area contributed by atoms with Crippen molar-refractivity contribution in [1.29, 1.82) is 0 Å². The molecule has 1 aromatic carbocycles. The first-order chi connectivity index (χ1) is 9.84. The molecule has 2 unspecified atom stereocenters. The van der Waals surface area contributed by atoms with Gasteiger partial charge in [-0.25, -0.2) is 0 Å². The van der Waals surface area contributed by atoms with Gasteiger partial charge in [0.25, 0.3) is 0 Å². The molecule has 2 N–H and O–H groups in total. The molecule has 20 heavy (non-hydrogen) atoms. The van der Waals surface area contributed by atoms with Crippen molar-refractivity contribution in [1.82, 2.24) is 5.32 Å². The van der Waals surface area contributed by atoms with Crippen LogP contribution in [0.15, 0.2) is 24.3 Å². The average molecular weight is 274 g/mol. The van der Waals surface area contributed by atoms with Crippen LogP contribution in [-0.2, 0) is 9.53 Å². The number of hydrogen-bond acceptors (Lipinski definition) is 3. The number of carbonyl (C=O) groups excluding carboxylic acids is 1. The summed E-state index contributed by atoms with van der Waals surface area (Å²) < 4.78 is 5.36. The first kappa shape index (κ1) is 13.4. The van der Waals surface area contributed by atoms with Gasteiger partial charge in [-0.1, -0.05) is 18.2 Å². The summed E-state index contributed by atoms with van der Waals surface area (Å²) in [5.41, 5.74) is 2.62. The fourth-order valence-corrected chi connectivity index (χ4v) is 3.08. The second-order valence-corrected chi connectivity index (χ2v) is 5.66. The standard InChI is InChI=1S/C16H22N2O2/c19-16(13-4-3-9-20-11-13)17-8-7-12-10-18-15-6-2-1-5-14(12)15/h1-2,5-6,12-13,18H,3-4,7-11H2,(H,17,19). The number of para-hydroxylation sites is 1. The van der Waals surface area contributed by atoms with Gasteiger partial charge in [-0.3, -0.25) is 4.79 Å². The van der Waals surface area contributed by atoms with E-state index in [1.54, 1.807) is 0 Å². The fraction of sp³-hybridized carbons (Fsp3) is 0.562. The Morgan fingerprint density at radius 3 is 3.15 bits per heavy atom. The third-order valence-corrected chi connectivity index (χ3v) is 4.26. The number of ether oxygens (including phenoxy) is 1. The number of amides is 1. The number of carbonyl (C=O) groups is 1. The van der Waals surface area contributed by atoms with Crippen LogP contribution >= 0.6 is 0 Å². The minimum absolute atomic E-state index is 0.0535. The predicted octanol–water partition coefficient (Wildman–Crippen LogP) is 2.13. The number of anilines is 1. The molecule has 4 nitrogen and oxygen atoms in total. The molecular weight excluding hydrogens is 252 g/mol. The zero-order valence-corrected chi connectivity index (χ0v) is 11.7. The van der Waals surface area contributed by atoms with Crippen LogP contribution in [0.1, 0.15) is 30.7 Å². The Kier molecular flexibility index (Phi) is 4.21. The summed E-state index contributed by atoms with van der Waals surface area (Å²) in [6.45, 7) is 3.10. The molecule has 0 radical (unpaired) electrons. The van der Waals surface area contributed by atoms with Gasteiger partial charge in [0.1, 0.15) is 0 Å². The first-order valence-corrected chi connectivity index (χ1v) is 7.53. The summed E-state index contributed by atoms with van der Waals surface area (Å²) in [4.78, 5) is 12.0. The van der Waals surface area contributed by atoms with E-state index in [0.29, 0.717) is 12.5 Å². The molecular formula is C16H22N2O2. The monoisotopic (exact) mass is 274 g/mol. The Morgan fingerprint density at radius 2 is 2.30 bits per heavy atom. The van der Waals surface area contributed by atoms with Crippen LogP contribution in [0, 0.1) is 5.92 Å². The van der Waals surface area contributed by atoms with E-state index in [-0.39, 0.29) is 11.8 Å². The Hall–Kier alpha value is -1.55. The molecule has 1 saturated heterocycles. The van der Waals surface area contributed by atoms with Crippen LogP contribution in [0.3, 0.4) is 0 Å². The molecule has 0 aromatic heterocycles. The summed E-state index contributed by atoms with van der Waals surface area (Å²) in [5.74, 6) is 0.718. The highest BCUT2D eigenvalue weighted by atomic mass is 16.5. The minimum Gasteiger partial charge on any atom is -0.384 e. The third kappa shape index (κ3) is 2.96. The Bertz CT molecular complexity index is 469. The fourth-order valence-electron chi connectivity index (χ4n) is 3.08. The summed E-state index contributed by atoms with van der Waals surface area (Å²) >= 11 is 0. The van der Waals surface area contributed by atoms with E-state index in [4.69, 9.17) is 4.74 Å². The maximum Gasteiger partial charge on any atom is 0.225 e. The normalized spacial score (nSPS) is 24.8. The summed E-state index contributed by atoms with van der Waals surface area (Å²) in [6.07, 6.45) is 2.95. The van der Waals surface area contributed by atoms with E-state index in [1.807, 2.05) is 0 Å². The lowest BCUT2D eigenvalue weighted by Crippen LogP contribution is -2.36. The van der Waals surface area contributed by atoms with Crippen molar-refractivity contribution < 1.29 is 9.53 Å². The SMILES string of the molecule is O=C(NCCC1CNc2ccccc21)C1CCCOC1. The number of rotatable bonds is 4. The molecule has 0 spiro atoms. The Balaban J connectivity index is 1.45. The first-order valence-electron chi connectivity index (χ1n) is 7.53. The van der Waals surface area contributed by atoms with Crippen molar-refractivity contribution >= 4 is 11.6 Å². The summed E-state index contributed by atoms with van der Waals surface area (Å²) in [5, 5.41) is 6.48. The highest BCUT2D eigenvalue weighted by Crippen LogP contribution is 2.32. The summed E-state index contributed by atoms with van der Waals surface area (Å²) in [7, 11) is 0. The van der Waals surface area contributed by atoms with Crippen molar-refractivity contribution in [3.05, 3.63) is 29.8 Å². The molecule has 1 amide bonds. The molecule has 0 aliphatic carbocycles. The molecule has 3 rings (SSSR count). The number of hydrogen-bond donors (Lipinski definition) is 2. The molecule has 2 atom stereocenters. The number of nitrogens with one attached hydrogen (secondary N) is 2. The van der Waals surface area contributed by atoms with Gasteiger partial charge in [0.05, 0.1) is 12.5 Å². The molecule has 4 heteroatoms. The van der Waals surface area contributed by atoms with Crippen molar-refractivity contribution in [2.24, 2.45) is 5.92 Å². The molecule has 2 aliphatic heterocycles. The van der Waals surface area contributed by atoms with Crippen LogP contribution < -0.4 is 10.6 Å². The van der Waals surface area contributed by atoms with Crippen LogP contribution in [-0.4, -0.2) is 32.2 Å². The lowest BCUT2D eigenvalue weighted by atomic mass is 9.97. The van der Waals surface area contributed by atoms with Crippen molar-refractivity contribution in [3.63, 3.8) is 0 Å². The Labute approximate surface area is 119 Å². The number of fused-ring (bicyclic) bond motifs is 1. The zero-order valence-electron chi connectivity index (χ0n) is 11.7. The van der Waals surface area contributed by atoms with Gasteiger partial charge in [0, 0.05) is 31.3 Å². The van der Waals surface area contributed by atoms with Crippen LogP contribution in [0.2, 0.25) is 0 Å². The van der Waals surface area contributed by atoms with Gasteiger partial charge in [0.2, 0.25) is 5.91 Å². The molecule has 0 saturated carbocycles. The van der Waals surface area contributed by atoms with Gasteiger partial charge in [-0.05, 0) is 30.9 Å². The van der Waals surface area contributed by atoms with Crippen molar-refractivity contribution in [2.75, 3.05) is 31.6 Å². The van der Waals surface area contributed by atoms with E-state index >= 15 is 0 Å². The highest BCUT2D eigenvalue weighted by Gasteiger charge is 2.23. The molecule has 2 heterocycles. The van der Waals surface area contributed by atoms with E-state index in [1.165, 1.54) is 11.3 Å². The van der Waals surface area contributed by atoms with Gasteiger partial charge >= 0.3 is 0 Å². The zero-order chi connectivity index (χ0) is 13.8. The van der Waals surface area contributed by atoms with E-state index in [0.717, 1.165) is 39.0 Å². The minimum atomic E-state index is 0.0535. The average Bonchev–Trinajstić information content (AvgIpc) is 2.92. The van der Waals surface area contributed by atoms with Gasteiger partial charge in [-0.15, -0.1) is 0 Å². The molecule has 108 valence electrons. The maximum absolute atomic E-state index is 12.0. The summed E-state index contributed by atoms with van der Waals surface area (Å²) in [6, 6.07) is 8.43. The lowest BCUT2D eigenvalue weighted by Gasteiger charge is -2.21. The van der Waals surface area contributed by atoms with Gasteiger partial charge < -0.3 is 15.4 Å².